The minimum atomic E-state index is 0.0178. The van der Waals surface area contributed by atoms with Gasteiger partial charge in [-0.05, 0) is 49.6 Å². The molecule has 0 saturated heterocycles. The van der Waals surface area contributed by atoms with Crippen molar-refractivity contribution >= 4 is 6.01 Å². The Morgan fingerprint density at radius 2 is 2.00 bits per heavy atom. The van der Waals surface area contributed by atoms with Crippen molar-refractivity contribution < 1.29 is 14.3 Å². The van der Waals surface area contributed by atoms with E-state index in [4.69, 9.17) is 14.3 Å². The molecule has 0 spiro atoms. The first-order valence-corrected chi connectivity index (χ1v) is 8.73. The third-order valence-electron chi connectivity index (χ3n) is 4.00. The lowest BCUT2D eigenvalue weighted by Gasteiger charge is -2.17. The normalized spacial score (nSPS) is 15.5. The molecule has 2 heterocycles. The zero-order valence-electron chi connectivity index (χ0n) is 14.8. The van der Waals surface area contributed by atoms with Gasteiger partial charge in [0.05, 0.1) is 12.9 Å². The van der Waals surface area contributed by atoms with Gasteiger partial charge in [0.15, 0.2) is 0 Å². The SMILES string of the molecule is C/C=C/OC1=CCCN(c2nnc(-c3ccc(CO)cc3)o2)CCC=C1. The van der Waals surface area contributed by atoms with Gasteiger partial charge in [-0.1, -0.05) is 29.4 Å². The van der Waals surface area contributed by atoms with Crippen LogP contribution in [0.15, 0.2) is 65.0 Å². The monoisotopic (exact) mass is 353 g/mol. The van der Waals surface area contributed by atoms with Crippen molar-refractivity contribution in [2.75, 3.05) is 18.0 Å². The summed E-state index contributed by atoms with van der Waals surface area (Å²) in [7, 11) is 0. The number of ether oxygens (including phenoxy) is 1. The van der Waals surface area contributed by atoms with Crippen LogP contribution in [0.5, 0.6) is 0 Å². The van der Waals surface area contributed by atoms with Crippen LogP contribution >= 0.6 is 0 Å². The molecule has 136 valence electrons. The molecule has 0 atom stereocenters. The molecule has 26 heavy (non-hydrogen) atoms. The smallest absolute Gasteiger partial charge is 0.318 e. The Hall–Kier alpha value is -2.86. The number of anilines is 1. The van der Waals surface area contributed by atoms with E-state index >= 15 is 0 Å². The summed E-state index contributed by atoms with van der Waals surface area (Å²) >= 11 is 0. The standard InChI is InChI=1S/C20H23N3O3/c1-2-14-25-18-6-3-4-12-23(13-5-7-18)20-22-21-19(26-20)17-10-8-16(15-24)9-11-17/h2-3,6-11,14,24H,4-5,12-13,15H2,1H3/b6-3?,14-2+,18-7?. The highest BCUT2D eigenvalue weighted by molar-refractivity contribution is 5.54. The van der Waals surface area contributed by atoms with Crippen LogP contribution in [0.2, 0.25) is 0 Å². The van der Waals surface area contributed by atoms with Gasteiger partial charge < -0.3 is 19.2 Å². The van der Waals surface area contributed by atoms with E-state index in [0.29, 0.717) is 11.9 Å². The first kappa shape index (κ1) is 17.9. The maximum atomic E-state index is 9.13. The predicted octanol–water partition coefficient (Wildman–Crippen LogP) is 3.82. The summed E-state index contributed by atoms with van der Waals surface area (Å²) in [6, 6.07) is 7.96. The van der Waals surface area contributed by atoms with Gasteiger partial charge in [-0.15, -0.1) is 5.10 Å². The Morgan fingerprint density at radius 3 is 2.77 bits per heavy atom. The Bertz CT molecular complexity index is 791. The lowest BCUT2D eigenvalue weighted by Crippen LogP contribution is -2.25. The fourth-order valence-electron chi connectivity index (χ4n) is 2.61. The molecule has 0 bridgehead atoms. The van der Waals surface area contributed by atoms with Gasteiger partial charge in [-0.25, -0.2) is 0 Å². The minimum Gasteiger partial charge on any atom is -0.466 e. The van der Waals surface area contributed by atoms with Crippen LogP contribution < -0.4 is 4.90 Å². The molecule has 6 nitrogen and oxygen atoms in total. The average Bonchev–Trinajstić information content (AvgIpc) is 3.19. The van der Waals surface area contributed by atoms with Crippen LogP contribution in [0.3, 0.4) is 0 Å². The maximum Gasteiger partial charge on any atom is 0.318 e. The highest BCUT2D eigenvalue weighted by atomic mass is 16.5. The van der Waals surface area contributed by atoms with Gasteiger partial charge in [0, 0.05) is 18.7 Å². The quantitative estimate of drug-likeness (QED) is 0.824. The van der Waals surface area contributed by atoms with E-state index in [0.717, 1.165) is 42.8 Å². The molecule has 3 rings (SSSR count). The first-order valence-electron chi connectivity index (χ1n) is 8.73. The molecule has 0 radical (unpaired) electrons. The molecule has 0 aliphatic carbocycles. The largest absolute Gasteiger partial charge is 0.466 e. The van der Waals surface area contributed by atoms with E-state index in [1.165, 1.54) is 0 Å². The molecule has 1 aliphatic rings. The Kier molecular flexibility index (Phi) is 6.22. The van der Waals surface area contributed by atoms with Crippen LogP contribution in [-0.2, 0) is 11.3 Å². The molecule has 0 fully saturated rings. The molecule has 0 unspecified atom stereocenters. The van der Waals surface area contributed by atoms with Crippen molar-refractivity contribution in [3.8, 4) is 11.5 Å². The summed E-state index contributed by atoms with van der Waals surface area (Å²) < 4.78 is 11.4. The third-order valence-corrected chi connectivity index (χ3v) is 4.00. The van der Waals surface area contributed by atoms with Crippen LogP contribution in [0.25, 0.3) is 11.5 Å². The number of aromatic nitrogens is 2. The zero-order chi connectivity index (χ0) is 18.2. The summed E-state index contributed by atoms with van der Waals surface area (Å²) in [6.45, 7) is 3.51. The number of benzene rings is 1. The second-order valence-corrected chi connectivity index (χ2v) is 5.91. The van der Waals surface area contributed by atoms with Crippen molar-refractivity contribution in [2.24, 2.45) is 0 Å². The molecular weight excluding hydrogens is 330 g/mol. The van der Waals surface area contributed by atoms with E-state index in [1.54, 1.807) is 6.26 Å². The Balaban J connectivity index is 1.70. The molecule has 0 saturated carbocycles. The van der Waals surface area contributed by atoms with E-state index < -0.39 is 0 Å². The van der Waals surface area contributed by atoms with Gasteiger partial charge in [-0.3, -0.25) is 0 Å². The van der Waals surface area contributed by atoms with Crippen LogP contribution in [0.1, 0.15) is 25.3 Å². The lowest BCUT2D eigenvalue weighted by molar-refractivity contribution is 0.282. The van der Waals surface area contributed by atoms with Crippen molar-refractivity contribution in [3.05, 3.63) is 66.2 Å². The highest BCUT2D eigenvalue weighted by Crippen LogP contribution is 2.23. The maximum absolute atomic E-state index is 9.13. The van der Waals surface area contributed by atoms with Crippen molar-refractivity contribution in [1.82, 2.24) is 10.2 Å². The summed E-state index contributed by atoms with van der Waals surface area (Å²) in [5.74, 6) is 1.33. The zero-order valence-corrected chi connectivity index (χ0v) is 14.8. The highest BCUT2D eigenvalue weighted by Gasteiger charge is 2.15. The van der Waals surface area contributed by atoms with Gasteiger partial charge in [0.2, 0.25) is 5.89 Å². The Morgan fingerprint density at radius 1 is 1.19 bits per heavy atom. The molecule has 0 amide bonds. The van der Waals surface area contributed by atoms with Crippen molar-refractivity contribution in [2.45, 2.75) is 26.4 Å². The number of rotatable bonds is 5. The number of hydrogen-bond donors (Lipinski definition) is 1. The number of aliphatic hydroxyl groups excluding tert-OH is 1. The third kappa shape index (κ3) is 4.61. The fraction of sp³-hybridized carbons (Fsp3) is 0.300. The fourth-order valence-corrected chi connectivity index (χ4v) is 2.61. The van der Waals surface area contributed by atoms with Gasteiger partial charge >= 0.3 is 6.01 Å². The van der Waals surface area contributed by atoms with E-state index in [-0.39, 0.29) is 6.61 Å². The summed E-state index contributed by atoms with van der Waals surface area (Å²) in [4.78, 5) is 2.08. The van der Waals surface area contributed by atoms with E-state index in [1.807, 2.05) is 43.3 Å². The summed E-state index contributed by atoms with van der Waals surface area (Å²) in [5.41, 5.74) is 1.69. The Labute approximate surface area is 153 Å². The number of aliphatic hydroxyl groups is 1. The van der Waals surface area contributed by atoms with Crippen molar-refractivity contribution in [1.29, 1.82) is 0 Å². The summed E-state index contributed by atoms with van der Waals surface area (Å²) in [5, 5.41) is 17.5. The van der Waals surface area contributed by atoms with E-state index in [2.05, 4.69) is 27.2 Å². The minimum absolute atomic E-state index is 0.0178. The van der Waals surface area contributed by atoms with Crippen LogP contribution in [0, 0.1) is 0 Å². The van der Waals surface area contributed by atoms with E-state index in [9.17, 15) is 0 Å². The van der Waals surface area contributed by atoms with Crippen LogP contribution in [0.4, 0.5) is 6.01 Å². The second-order valence-electron chi connectivity index (χ2n) is 5.91. The number of nitrogens with zero attached hydrogens (tertiary/aromatic N) is 3. The summed E-state index contributed by atoms with van der Waals surface area (Å²) in [6.07, 6.45) is 11.3. The molecule has 1 aromatic carbocycles. The molecular formula is C20H23N3O3. The molecule has 1 aliphatic heterocycles. The van der Waals surface area contributed by atoms with Gasteiger partial charge in [0.25, 0.3) is 0 Å². The lowest BCUT2D eigenvalue weighted by atomic mass is 10.1. The molecule has 6 heteroatoms. The van der Waals surface area contributed by atoms with Gasteiger partial charge in [-0.2, -0.15) is 0 Å². The van der Waals surface area contributed by atoms with Gasteiger partial charge in [0.1, 0.15) is 5.76 Å². The van der Waals surface area contributed by atoms with Crippen molar-refractivity contribution in [3.63, 3.8) is 0 Å². The number of allylic oxidation sites excluding steroid dienone is 2. The molecule has 2 aromatic rings. The topological polar surface area (TPSA) is 71.6 Å². The molecule has 1 aromatic heterocycles. The second kappa shape index (κ2) is 9.01. The first-order chi connectivity index (χ1) is 12.8. The number of hydrogen-bond acceptors (Lipinski definition) is 6. The average molecular weight is 353 g/mol. The van der Waals surface area contributed by atoms with Crippen LogP contribution in [-0.4, -0.2) is 28.4 Å². The molecule has 1 N–H and O–H groups in total. The predicted molar refractivity (Wildman–Crippen MR) is 100 cm³/mol.